The highest BCUT2D eigenvalue weighted by Gasteiger charge is 2.55. The van der Waals surface area contributed by atoms with E-state index in [0.29, 0.717) is 12.2 Å². The van der Waals surface area contributed by atoms with Gasteiger partial charge in [-0.2, -0.15) is 0 Å². The van der Waals surface area contributed by atoms with Crippen LogP contribution in [0.15, 0.2) is 0 Å². The zero-order chi connectivity index (χ0) is 14.2. The Balaban J connectivity index is 1.63. The van der Waals surface area contributed by atoms with E-state index in [-0.39, 0.29) is 29.8 Å². The number of ketones is 1. The van der Waals surface area contributed by atoms with Gasteiger partial charge in [0.1, 0.15) is 5.78 Å². The molecule has 2 aliphatic carbocycles. The molecular weight excluding hydrogens is 252 g/mol. The highest BCUT2D eigenvalue weighted by atomic mass is 16.5. The van der Waals surface area contributed by atoms with E-state index >= 15 is 0 Å². The zero-order valence-electron chi connectivity index (χ0n) is 12.9. The van der Waals surface area contributed by atoms with Crippen LogP contribution in [-0.2, 0) is 14.3 Å². The molecule has 1 saturated heterocycles. The van der Waals surface area contributed by atoms with Crippen molar-refractivity contribution in [2.45, 2.75) is 96.1 Å². The average Bonchev–Trinajstić information content (AvgIpc) is 2.65. The van der Waals surface area contributed by atoms with Gasteiger partial charge in [0.2, 0.25) is 0 Å². The topological polar surface area (TPSA) is 35.5 Å². The van der Waals surface area contributed by atoms with Gasteiger partial charge in [0.15, 0.2) is 0 Å². The van der Waals surface area contributed by atoms with Crippen LogP contribution in [0.5, 0.6) is 0 Å². The first kappa shape index (κ1) is 14.5. The van der Waals surface area contributed by atoms with Gasteiger partial charge in [0, 0.05) is 6.42 Å². The Labute approximate surface area is 122 Å². The first-order valence-electron chi connectivity index (χ1n) is 8.44. The van der Waals surface area contributed by atoms with Gasteiger partial charge in [-0.05, 0) is 39.5 Å². The van der Waals surface area contributed by atoms with Gasteiger partial charge in [-0.1, -0.05) is 25.7 Å². The normalized spacial score (nSPS) is 41.2. The summed E-state index contributed by atoms with van der Waals surface area (Å²) in [6, 6.07) is 0. The lowest BCUT2D eigenvalue weighted by Gasteiger charge is -2.49. The molecule has 0 bridgehead atoms. The predicted molar refractivity (Wildman–Crippen MR) is 77.7 cm³/mol. The molecule has 3 atom stereocenters. The van der Waals surface area contributed by atoms with Crippen molar-refractivity contribution >= 4 is 5.78 Å². The quantitative estimate of drug-likeness (QED) is 0.774. The minimum atomic E-state index is -0.110. The maximum atomic E-state index is 12.2. The molecule has 3 aliphatic rings. The van der Waals surface area contributed by atoms with E-state index in [1.165, 1.54) is 25.7 Å². The summed E-state index contributed by atoms with van der Waals surface area (Å²) in [6.45, 7) is 4.25. The standard InChI is InChI=1S/C17H28O3/c1-12-9-14(10-13(2)19-12)20-16-11-15(18)17(16)7-5-3-4-6-8-17/h12-14,16H,3-11H2,1-2H3. The van der Waals surface area contributed by atoms with E-state index in [2.05, 4.69) is 13.8 Å². The summed E-state index contributed by atoms with van der Waals surface area (Å²) in [5.41, 5.74) is -0.110. The summed E-state index contributed by atoms with van der Waals surface area (Å²) in [5.74, 6) is 0.470. The predicted octanol–water partition coefficient (Wildman–Crippen LogP) is 3.64. The van der Waals surface area contributed by atoms with E-state index in [1.807, 2.05) is 0 Å². The Morgan fingerprint density at radius 1 is 1.05 bits per heavy atom. The maximum absolute atomic E-state index is 12.2. The molecule has 1 spiro atoms. The second-order valence-electron chi connectivity index (χ2n) is 7.17. The van der Waals surface area contributed by atoms with Crippen LogP contribution in [0.1, 0.15) is 71.6 Å². The lowest BCUT2D eigenvalue weighted by molar-refractivity contribution is -0.189. The minimum Gasteiger partial charge on any atom is -0.375 e. The third-order valence-corrected chi connectivity index (χ3v) is 5.55. The molecule has 20 heavy (non-hydrogen) atoms. The minimum absolute atomic E-state index is 0.110. The fraction of sp³-hybridized carbons (Fsp3) is 0.941. The van der Waals surface area contributed by atoms with Gasteiger partial charge in [-0.15, -0.1) is 0 Å². The Morgan fingerprint density at radius 2 is 1.65 bits per heavy atom. The van der Waals surface area contributed by atoms with Crippen LogP contribution < -0.4 is 0 Å². The van der Waals surface area contributed by atoms with Crippen molar-refractivity contribution in [2.24, 2.45) is 5.41 Å². The molecule has 2 saturated carbocycles. The summed E-state index contributed by atoms with van der Waals surface area (Å²) in [7, 11) is 0. The molecule has 0 radical (unpaired) electrons. The van der Waals surface area contributed by atoms with Crippen LogP contribution in [0.25, 0.3) is 0 Å². The summed E-state index contributed by atoms with van der Waals surface area (Å²) in [6.07, 6.45) is 10.7. The fourth-order valence-electron chi connectivity index (χ4n) is 4.44. The molecule has 3 nitrogen and oxygen atoms in total. The SMILES string of the molecule is CC1CC(OC2CC(=O)C23CCCCCC3)CC(C)O1. The number of hydrogen-bond acceptors (Lipinski definition) is 3. The molecule has 3 fully saturated rings. The molecule has 1 aliphatic heterocycles. The first-order valence-corrected chi connectivity index (χ1v) is 8.44. The molecule has 3 unspecified atom stereocenters. The number of ether oxygens (including phenoxy) is 2. The second-order valence-corrected chi connectivity index (χ2v) is 7.17. The molecular formula is C17H28O3. The zero-order valence-corrected chi connectivity index (χ0v) is 12.9. The van der Waals surface area contributed by atoms with E-state index in [1.54, 1.807) is 0 Å². The Hall–Kier alpha value is -0.410. The van der Waals surface area contributed by atoms with Gasteiger partial charge in [-0.25, -0.2) is 0 Å². The molecule has 3 rings (SSSR count). The van der Waals surface area contributed by atoms with Crippen molar-refractivity contribution in [3.05, 3.63) is 0 Å². The van der Waals surface area contributed by atoms with Gasteiger partial charge < -0.3 is 9.47 Å². The van der Waals surface area contributed by atoms with Crippen LogP contribution in [0.2, 0.25) is 0 Å². The molecule has 1 heterocycles. The third kappa shape index (κ3) is 2.67. The van der Waals surface area contributed by atoms with Gasteiger partial charge in [-0.3, -0.25) is 4.79 Å². The van der Waals surface area contributed by atoms with E-state index in [4.69, 9.17) is 9.47 Å². The van der Waals surface area contributed by atoms with Crippen molar-refractivity contribution in [2.75, 3.05) is 0 Å². The van der Waals surface area contributed by atoms with E-state index < -0.39 is 0 Å². The van der Waals surface area contributed by atoms with E-state index in [9.17, 15) is 4.79 Å². The molecule has 114 valence electrons. The Kier molecular flexibility index (Phi) is 4.19. The highest BCUT2D eigenvalue weighted by molar-refractivity contribution is 5.92. The summed E-state index contributed by atoms with van der Waals surface area (Å²) in [4.78, 5) is 12.2. The van der Waals surface area contributed by atoms with Crippen LogP contribution >= 0.6 is 0 Å². The number of rotatable bonds is 2. The smallest absolute Gasteiger partial charge is 0.144 e. The Bertz CT molecular complexity index is 347. The molecule has 0 aromatic rings. The van der Waals surface area contributed by atoms with Crippen LogP contribution in [-0.4, -0.2) is 30.2 Å². The van der Waals surface area contributed by atoms with Crippen molar-refractivity contribution in [3.8, 4) is 0 Å². The third-order valence-electron chi connectivity index (χ3n) is 5.55. The van der Waals surface area contributed by atoms with Crippen molar-refractivity contribution in [1.29, 1.82) is 0 Å². The number of carbonyl (C=O) groups is 1. The number of carbonyl (C=O) groups excluding carboxylic acids is 1. The highest BCUT2D eigenvalue weighted by Crippen LogP contribution is 2.50. The van der Waals surface area contributed by atoms with Crippen molar-refractivity contribution < 1.29 is 14.3 Å². The lowest BCUT2D eigenvalue weighted by Crippen LogP contribution is -2.56. The monoisotopic (exact) mass is 280 g/mol. The second kappa shape index (κ2) is 5.76. The van der Waals surface area contributed by atoms with Crippen molar-refractivity contribution in [1.82, 2.24) is 0 Å². The van der Waals surface area contributed by atoms with Gasteiger partial charge in [0.05, 0.1) is 29.8 Å². The molecule has 0 amide bonds. The Morgan fingerprint density at radius 3 is 2.20 bits per heavy atom. The maximum Gasteiger partial charge on any atom is 0.144 e. The molecule has 3 heteroatoms. The van der Waals surface area contributed by atoms with Crippen LogP contribution in [0.4, 0.5) is 0 Å². The molecule has 0 aromatic heterocycles. The van der Waals surface area contributed by atoms with Gasteiger partial charge >= 0.3 is 0 Å². The average molecular weight is 280 g/mol. The van der Waals surface area contributed by atoms with Gasteiger partial charge in [0.25, 0.3) is 0 Å². The largest absolute Gasteiger partial charge is 0.375 e. The lowest BCUT2D eigenvalue weighted by atomic mass is 9.60. The molecule has 0 N–H and O–H groups in total. The van der Waals surface area contributed by atoms with Crippen LogP contribution in [0.3, 0.4) is 0 Å². The number of Topliss-reactive ketones (excluding diaryl/α,β-unsaturated/α-hetero) is 1. The molecule has 0 aromatic carbocycles. The van der Waals surface area contributed by atoms with E-state index in [0.717, 1.165) is 25.7 Å². The summed E-state index contributed by atoms with van der Waals surface area (Å²) >= 11 is 0. The summed E-state index contributed by atoms with van der Waals surface area (Å²) < 4.78 is 12.2. The summed E-state index contributed by atoms with van der Waals surface area (Å²) in [5, 5.41) is 0. The van der Waals surface area contributed by atoms with Crippen molar-refractivity contribution in [3.63, 3.8) is 0 Å². The number of hydrogen-bond donors (Lipinski definition) is 0. The van der Waals surface area contributed by atoms with Crippen LogP contribution in [0, 0.1) is 5.41 Å². The fourth-order valence-corrected chi connectivity index (χ4v) is 4.44. The first-order chi connectivity index (χ1) is 9.60.